The Kier molecular flexibility index (Phi) is 2.09. The summed E-state index contributed by atoms with van der Waals surface area (Å²) in [6.07, 6.45) is 3.17. The first kappa shape index (κ1) is 7.03. The standard InChI is InChI=1S/C7H14O2/c1-3-7(4-2)5-6-8-9-7/h3-6H2,1-2H3. The van der Waals surface area contributed by atoms with Crippen LogP contribution < -0.4 is 0 Å². The Bertz CT molecular complexity index is 78.9. The number of hydrogen-bond donors (Lipinski definition) is 0. The third kappa shape index (κ3) is 1.25. The molecule has 0 amide bonds. The first-order valence-electron chi connectivity index (χ1n) is 3.63. The predicted molar refractivity (Wildman–Crippen MR) is 35.0 cm³/mol. The molecule has 0 aliphatic carbocycles. The second-order valence-electron chi connectivity index (χ2n) is 2.55. The largest absolute Gasteiger partial charge is 0.236 e. The Morgan fingerprint density at radius 3 is 2.22 bits per heavy atom. The molecule has 0 atom stereocenters. The van der Waals surface area contributed by atoms with Gasteiger partial charge >= 0.3 is 0 Å². The molecule has 2 nitrogen and oxygen atoms in total. The Labute approximate surface area is 56.1 Å². The predicted octanol–water partition coefficient (Wildman–Crippen LogP) is 1.90. The SMILES string of the molecule is CCC1(CC)CCOO1. The van der Waals surface area contributed by atoms with Crippen LogP contribution in [0.1, 0.15) is 33.1 Å². The maximum atomic E-state index is 5.14. The van der Waals surface area contributed by atoms with Gasteiger partial charge in [-0.25, -0.2) is 9.78 Å². The van der Waals surface area contributed by atoms with Crippen LogP contribution in [0.4, 0.5) is 0 Å². The zero-order valence-corrected chi connectivity index (χ0v) is 6.14. The van der Waals surface area contributed by atoms with Gasteiger partial charge in [-0.05, 0) is 12.8 Å². The van der Waals surface area contributed by atoms with Crippen LogP contribution in [0.2, 0.25) is 0 Å². The molecular weight excluding hydrogens is 116 g/mol. The molecule has 1 aliphatic heterocycles. The Morgan fingerprint density at radius 2 is 2.00 bits per heavy atom. The van der Waals surface area contributed by atoms with Gasteiger partial charge in [-0.2, -0.15) is 0 Å². The van der Waals surface area contributed by atoms with Gasteiger partial charge in [0.2, 0.25) is 0 Å². The summed E-state index contributed by atoms with van der Waals surface area (Å²) in [6.45, 7) is 5.04. The van der Waals surface area contributed by atoms with Crippen LogP contribution >= 0.6 is 0 Å². The summed E-state index contributed by atoms with van der Waals surface area (Å²) in [4.78, 5) is 9.98. The smallest absolute Gasteiger partial charge is 0.105 e. The second-order valence-corrected chi connectivity index (χ2v) is 2.55. The van der Waals surface area contributed by atoms with E-state index >= 15 is 0 Å². The van der Waals surface area contributed by atoms with Gasteiger partial charge in [0, 0.05) is 6.42 Å². The quantitative estimate of drug-likeness (QED) is 0.531. The van der Waals surface area contributed by atoms with Gasteiger partial charge in [0.05, 0.1) is 6.61 Å². The molecule has 1 heterocycles. The van der Waals surface area contributed by atoms with E-state index in [1.165, 1.54) is 0 Å². The van der Waals surface area contributed by atoms with Crippen molar-refractivity contribution in [3.63, 3.8) is 0 Å². The molecule has 0 aromatic heterocycles. The molecule has 1 saturated heterocycles. The monoisotopic (exact) mass is 130 g/mol. The van der Waals surface area contributed by atoms with Gasteiger partial charge in [0.1, 0.15) is 5.60 Å². The summed E-state index contributed by atoms with van der Waals surface area (Å²) in [7, 11) is 0. The highest BCUT2D eigenvalue weighted by atomic mass is 17.2. The highest BCUT2D eigenvalue weighted by molar-refractivity contribution is 4.77. The van der Waals surface area contributed by atoms with E-state index < -0.39 is 0 Å². The molecule has 2 heteroatoms. The van der Waals surface area contributed by atoms with Crippen LogP contribution in [0.15, 0.2) is 0 Å². The topological polar surface area (TPSA) is 18.5 Å². The Balaban J connectivity index is 2.45. The fraction of sp³-hybridized carbons (Fsp3) is 1.00. The van der Waals surface area contributed by atoms with Gasteiger partial charge in [-0.1, -0.05) is 13.8 Å². The molecule has 54 valence electrons. The summed E-state index contributed by atoms with van der Waals surface area (Å²) in [5.41, 5.74) is 0.0556. The van der Waals surface area contributed by atoms with E-state index in [0.29, 0.717) is 0 Å². The molecule has 0 unspecified atom stereocenters. The van der Waals surface area contributed by atoms with Crippen molar-refractivity contribution >= 4 is 0 Å². The van der Waals surface area contributed by atoms with Crippen LogP contribution in [0.25, 0.3) is 0 Å². The van der Waals surface area contributed by atoms with Crippen molar-refractivity contribution in [1.29, 1.82) is 0 Å². The molecular formula is C7H14O2. The van der Waals surface area contributed by atoms with E-state index in [0.717, 1.165) is 25.9 Å². The summed E-state index contributed by atoms with van der Waals surface area (Å²) in [5.74, 6) is 0. The molecule has 0 saturated carbocycles. The molecule has 0 spiro atoms. The van der Waals surface area contributed by atoms with Gasteiger partial charge in [-0.15, -0.1) is 0 Å². The van der Waals surface area contributed by atoms with E-state index in [4.69, 9.17) is 9.78 Å². The van der Waals surface area contributed by atoms with Crippen LogP contribution in [0.5, 0.6) is 0 Å². The normalized spacial score (nSPS) is 24.7. The van der Waals surface area contributed by atoms with Crippen LogP contribution in [-0.4, -0.2) is 12.2 Å². The molecule has 1 rings (SSSR count). The lowest BCUT2D eigenvalue weighted by atomic mass is 9.95. The maximum Gasteiger partial charge on any atom is 0.105 e. The maximum absolute atomic E-state index is 5.14. The van der Waals surface area contributed by atoms with Gasteiger partial charge < -0.3 is 0 Å². The number of hydrogen-bond acceptors (Lipinski definition) is 2. The number of rotatable bonds is 2. The summed E-state index contributed by atoms with van der Waals surface area (Å²) >= 11 is 0. The Morgan fingerprint density at radius 1 is 1.33 bits per heavy atom. The van der Waals surface area contributed by atoms with E-state index in [1.807, 2.05) is 0 Å². The molecule has 1 aliphatic rings. The van der Waals surface area contributed by atoms with Crippen molar-refractivity contribution in [2.75, 3.05) is 6.61 Å². The highest BCUT2D eigenvalue weighted by Crippen LogP contribution is 2.29. The zero-order valence-electron chi connectivity index (χ0n) is 6.14. The van der Waals surface area contributed by atoms with Crippen molar-refractivity contribution in [2.45, 2.75) is 38.7 Å². The van der Waals surface area contributed by atoms with Crippen LogP contribution in [0.3, 0.4) is 0 Å². The lowest BCUT2D eigenvalue weighted by molar-refractivity contribution is -0.310. The van der Waals surface area contributed by atoms with Crippen molar-refractivity contribution in [1.82, 2.24) is 0 Å². The summed E-state index contributed by atoms with van der Waals surface area (Å²) < 4.78 is 0. The minimum atomic E-state index is 0.0556. The molecule has 9 heavy (non-hydrogen) atoms. The third-order valence-corrected chi connectivity index (χ3v) is 2.17. The van der Waals surface area contributed by atoms with Crippen LogP contribution in [0, 0.1) is 0 Å². The van der Waals surface area contributed by atoms with Crippen molar-refractivity contribution in [3.05, 3.63) is 0 Å². The fourth-order valence-corrected chi connectivity index (χ4v) is 1.16. The average molecular weight is 130 g/mol. The molecule has 0 N–H and O–H groups in total. The molecule has 0 radical (unpaired) electrons. The van der Waals surface area contributed by atoms with E-state index in [1.54, 1.807) is 0 Å². The van der Waals surface area contributed by atoms with E-state index in [2.05, 4.69) is 13.8 Å². The molecule has 0 aromatic rings. The van der Waals surface area contributed by atoms with Gasteiger partial charge in [-0.3, -0.25) is 0 Å². The first-order chi connectivity index (χ1) is 4.33. The average Bonchev–Trinajstić information content (AvgIpc) is 2.36. The minimum absolute atomic E-state index is 0.0556. The van der Waals surface area contributed by atoms with Crippen molar-refractivity contribution in [3.8, 4) is 0 Å². The van der Waals surface area contributed by atoms with Gasteiger partial charge in [0.15, 0.2) is 0 Å². The third-order valence-electron chi connectivity index (χ3n) is 2.17. The lowest BCUT2D eigenvalue weighted by Crippen LogP contribution is -2.24. The van der Waals surface area contributed by atoms with Crippen molar-refractivity contribution in [2.24, 2.45) is 0 Å². The van der Waals surface area contributed by atoms with Gasteiger partial charge in [0.25, 0.3) is 0 Å². The van der Waals surface area contributed by atoms with Crippen LogP contribution in [-0.2, 0) is 9.78 Å². The molecule has 0 bridgehead atoms. The lowest BCUT2D eigenvalue weighted by Gasteiger charge is -2.20. The molecule has 0 aromatic carbocycles. The summed E-state index contributed by atoms with van der Waals surface area (Å²) in [6, 6.07) is 0. The minimum Gasteiger partial charge on any atom is -0.236 e. The zero-order chi connectivity index (χ0) is 6.74. The molecule has 1 fully saturated rings. The second kappa shape index (κ2) is 2.67. The van der Waals surface area contributed by atoms with E-state index in [-0.39, 0.29) is 5.60 Å². The van der Waals surface area contributed by atoms with E-state index in [9.17, 15) is 0 Å². The highest BCUT2D eigenvalue weighted by Gasteiger charge is 2.32. The summed E-state index contributed by atoms with van der Waals surface area (Å²) in [5, 5.41) is 0. The fourth-order valence-electron chi connectivity index (χ4n) is 1.16. The van der Waals surface area contributed by atoms with Crippen molar-refractivity contribution < 1.29 is 9.78 Å². The first-order valence-corrected chi connectivity index (χ1v) is 3.63. The Hall–Kier alpha value is -0.0800.